The summed E-state index contributed by atoms with van der Waals surface area (Å²) in [6.45, 7) is 4.66. The van der Waals surface area contributed by atoms with Crippen LogP contribution in [-0.2, 0) is 5.41 Å². The largest absolute Gasteiger partial charge is 0.317 e. The first-order chi connectivity index (χ1) is 26.0. The molecule has 0 aliphatic heterocycles. The van der Waals surface area contributed by atoms with Gasteiger partial charge in [-0.25, -0.2) is 9.97 Å². The summed E-state index contributed by atoms with van der Waals surface area (Å²) >= 11 is 0. The molecule has 0 spiro atoms. The van der Waals surface area contributed by atoms with Gasteiger partial charge >= 0.3 is 0 Å². The van der Waals surface area contributed by atoms with Crippen LogP contribution in [-0.4, -0.2) is 19.1 Å². The number of rotatable bonds is 4. The van der Waals surface area contributed by atoms with Gasteiger partial charge in [0.2, 0.25) is 0 Å². The molecule has 0 saturated heterocycles. The van der Waals surface area contributed by atoms with Crippen LogP contribution < -0.4 is 0 Å². The van der Waals surface area contributed by atoms with Crippen molar-refractivity contribution in [1.29, 1.82) is 0 Å². The van der Waals surface area contributed by atoms with Crippen molar-refractivity contribution in [3.05, 3.63) is 181 Å². The molecule has 4 heteroatoms. The van der Waals surface area contributed by atoms with E-state index in [1.807, 2.05) is 0 Å². The molecular formula is C49H34N4. The highest BCUT2D eigenvalue weighted by molar-refractivity contribution is 6.21. The van der Waals surface area contributed by atoms with E-state index in [2.05, 4.69) is 193 Å². The molecule has 1 aliphatic rings. The molecule has 0 atom stereocenters. The monoisotopic (exact) mass is 678 g/mol. The van der Waals surface area contributed by atoms with Crippen LogP contribution in [0.2, 0.25) is 0 Å². The first-order valence-corrected chi connectivity index (χ1v) is 18.3. The highest BCUT2D eigenvalue weighted by Gasteiger charge is 2.35. The lowest BCUT2D eigenvalue weighted by molar-refractivity contribution is 0.660. The summed E-state index contributed by atoms with van der Waals surface area (Å²) < 4.78 is 4.66. The minimum Gasteiger partial charge on any atom is -0.317 e. The molecule has 0 unspecified atom stereocenters. The molecule has 1 aliphatic carbocycles. The van der Waals surface area contributed by atoms with Crippen LogP contribution in [0, 0.1) is 0 Å². The quantitative estimate of drug-likeness (QED) is 0.186. The maximum atomic E-state index is 5.40. The van der Waals surface area contributed by atoms with Crippen LogP contribution in [0.4, 0.5) is 0 Å². The molecule has 0 N–H and O–H groups in total. The highest BCUT2D eigenvalue weighted by atomic mass is 15.0. The van der Waals surface area contributed by atoms with E-state index in [0.717, 1.165) is 50.4 Å². The zero-order valence-corrected chi connectivity index (χ0v) is 29.5. The minimum absolute atomic E-state index is 0.101. The van der Waals surface area contributed by atoms with E-state index >= 15 is 0 Å². The van der Waals surface area contributed by atoms with Crippen molar-refractivity contribution in [2.75, 3.05) is 0 Å². The van der Waals surface area contributed by atoms with E-state index in [1.54, 1.807) is 0 Å². The third-order valence-corrected chi connectivity index (χ3v) is 11.4. The molecule has 10 aromatic rings. The molecule has 3 heterocycles. The normalized spacial score (nSPS) is 13.2. The Labute approximate surface area is 307 Å². The van der Waals surface area contributed by atoms with Crippen LogP contribution in [0.25, 0.3) is 88.8 Å². The maximum absolute atomic E-state index is 5.40. The summed E-state index contributed by atoms with van der Waals surface area (Å²) in [5.74, 6) is 0.721. The Morgan fingerprint density at radius 3 is 2.00 bits per heavy atom. The van der Waals surface area contributed by atoms with Gasteiger partial charge in [-0.05, 0) is 95.1 Å². The van der Waals surface area contributed by atoms with E-state index in [4.69, 9.17) is 9.97 Å². The predicted molar refractivity (Wildman–Crippen MR) is 219 cm³/mol. The fourth-order valence-corrected chi connectivity index (χ4v) is 8.82. The molecular weight excluding hydrogens is 645 g/mol. The van der Waals surface area contributed by atoms with Crippen molar-refractivity contribution in [3.8, 4) is 45.1 Å². The Morgan fingerprint density at radius 1 is 0.472 bits per heavy atom. The van der Waals surface area contributed by atoms with E-state index in [1.165, 1.54) is 49.4 Å². The van der Waals surface area contributed by atoms with Gasteiger partial charge in [-0.2, -0.15) is 0 Å². The summed E-state index contributed by atoms with van der Waals surface area (Å²) in [5.41, 5.74) is 15.0. The number of para-hydroxylation sites is 3. The predicted octanol–water partition coefficient (Wildman–Crippen LogP) is 12.3. The van der Waals surface area contributed by atoms with Gasteiger partial charge in [0, 0.05) is 55.7 Å². The number of fused-ring (bicyclic) bond motifs is 9. The summed E-state index contributed by atoms with van der Waals surface area (Å²) in [6.07, 6.45) is 2.18. The van der Waals surface area contributed by atoms with Crippen LogP contribution in [0.15, 0.2) is 170 Å². The highest BCUT2D eigenvalue weighted by Crippen LogP contribution is 2.50. The summed E-state index contributed by atoms with van der Waals surface area (Å²) in [4.78, 5) is 10.6. The molecule has 4 nitrogen and oxygen atoms in total. The lowest BCUT2D eigenvalue weighted by atomic mass is 9.82. The molecule has 0 fully saturated rings. The topological polar surface area (TPSA) is 35.6 Å². The Morgan fingerprint density at radius 2 is 1.15 bits per heavy atom. The second kappa shape index (κ2) is 11.1. The zero-order valence-electron chi connectivity index (χ0n) is 29.5. The molecule has 53 heavy (non-hydrogen) atoms. The second-order valence-electron chi connectivity index (χ2n) is 14.7. The summed E-state index contributed by atoms with van der Waals surface area (Å²) in [7, 11) is 0. The number of hydrogen-bond donors (Lipinski definition) is 0. The van der Waals surface area contributed by atoms with Crippen molar-refractivity contribution in [2.24, 2.45) is 0 Å². The van der Waals surface area contributed by atoms with Crippen LogP contribution in [0.1, 0.15) is 25.0 Å². The number of aromatic nitrogens is 4. The van der Waals surface area contributed by atoms with Crippen molar-refractivity contribution in [3.63, 3.8) is 0 Å². The molecule has 3 aromatic heterocycles. The standard InChI is InChI=1S/C49H34N4/c1-49(2)40-19-11-9-17-35(40)36-23-21-31(30-41(36)49)47-37-18-10-12-20-42(37)50-48(51-47)32-22-24-44-39(29-32)46-38-27-28-52(33-13-5-3-6-14-33)43(38)25-26-45(46)53(44)34-15-7-4-8-16-34/h3-30H,1-2H3. The van der Waals surface area contributed by atoms with Crippen molar-refractivity contribution in [2.45, 2.75) is 19.3 Å². The van der Waals surface area contributed by atoms with E-state index in [-0.39, 0.29) is 5.41 Å². The number of nitrogens with zero attached hydrogens (tertiary/aromatic N) is 4. The maximum Gasteiger partial charge on any atom is 0.160 e. The SMILES string of the molecule is CC1(C)c2ccccc2-c2ccc(-c3nc(-c4ccc5c(c4)c4c6ccn(-c7ccccc7)c6ccc4n5-c4ccccc4)nc4ccccc34)cc21. The summed E-state index contributed by atoms with van der Waals surface area (Å²) in [6, 6.07) is 58.8. The molecule has 11 rings (SSSR count). The Bertz CT molecular complexity index is 3080. The Kier molecular flexibility index (Phi) is 6.27. The van der Waals surface area contributed by atoms with Gasteiger partial charge < -0.3 is 9.13 Å². The van der Waals surface area contributed by atoms with Crippen molar-refractivity contribution < 1.29 is 0 Å². The van der Waals surface area contributed by atoms with Gasteiger partial charge in [0.25, 0.3) is 0 Å². The minimum atomic E-state index is -0.101. The second-order valence-corrected chi connectivity index (χ2v) is 14.7. The molecule has 0 radical (unpaired) electrons. The van der Waals surface area contributed by atoms with Crippen LogP contribution in [0.5, 0.6) is 0 Å². The first-order valence-electron chi connectivity index (χ1n) is 18.3. The van der Waals surface area contributed by atoms with Gasteiger partial charge in [0.05, 0.1) is 27.8 Å². The smallest absolute Gasteiger partial charge is 0.160 e. The van der Waals surface area contributed by atoms with Crippen LogP contribution in [0.3, 0.4) is 0 Å². The van der Waals surface area contributed by atoms with E-state index in [0.29, 0.717) is 0 Å². The molecule has 0 amide bonds. The van der Waals surface area contributed by atoms with Gasteiger partial charge in [-0.15, -0.1) is 0 Å². The fraction of sp³-hybridized carbons (Fsp3) is 0.0612. The van der Waals surface area contributed by atoms with Crippen molar-refractivity contribution >= 4 is 43.6 Å². The number of hydrogen-bond acceptors (Lipinski definition) is 2. The fourth-order valence-electron chi connectivity index (χ4n) is 8.82. The molecule has 7 aromatic carbocycles. The molecule has 250 valence electrons. The average Bonchev–Trinajstić information content (AvgIpc) is 3.86. The van der Waals surface area contributed by atoms with Gasteiger partial charge in [0.1, 0.15) is 0 Å². The lowest BCUT2D eigenvalue weighted by Gasteiger charge is -2.22. The van der Waals surface area contributed by atoms with E-state index in [9.17, 15) is 0 Å². The Hall–Kier alpha value is -6.78. The third-order valence-electron chi connectivity index (χ3n) is 11.4. The third kappa shape index (κ3) is 4.36. The first kappa shape index (κ1) is 29.9. The summed E-state index contributed by atoms with van der Waals surface area (Å²) in [5, 5.41) is 4.66. The zero-order chi connectivity index (χ0) is 35.3. The van der Waals surface area contributed by atoms with E-state index < -0.39 is 0 Å². The Balaban J connectivity index is 1.14. The van der Waals surface area contributed by atoms with Crippen LogP contribution >= 0.6 is 0 Å². The van der Waals surface area contributed by atoms with Gasteiger partial charge in [0.15, 0.2) is 5.82 Å². The number of benzene rings is 7. The van der Waals surface area contributed by atoms with Gasteiger partial charge in [-0.3, -0.25) is 0 Å². The lowest BCUT2D eigenvalue weighted by Crippen LogP contribution is -2.14. The average molecular weight is 679 g/mol. The van der Waals surface area contributed by atoms with Crippen molar-refractivity contribution in [1.82, 2.24) is 19.1 Å². The molecule has 0 saturated carbocycles. The molecule has 0 bridgehead atoms. The van der Waals surface area contributed by atoms with Gasteiger partial charge in [-0.1, -0.05) is 105 Å².